The van der Waals surface area contributed by atoms with Crippen molar-refractivity contribution in [2.75, 3.05) is 7.05 Å². The lowest BCUT2D eigenvalue weighted by atomic mass is 10.1. The van der Waals surface area contributed by atoms with Crippen LogP contribution in [0.5, 0.6) is 0 Å². The number of rotatable bonds is 3. The third kappa shape index (κ3) is 2.66. The maximum absolute atomic E-state index is 14.2. The van der Waals surface area contributed by atoms with E-state index in [0.29, 0.717) is 11.3 Å². The van der Waals surface area contributed by atoms with Gasteiger partial charge in [-0.3, -0.25) is 4.99 Å². The number of aromatic nitrogens is 2. The highest BCUT2D eigenvalue weighted by Gasteiger charge is 2.16. The van der Waals surface area contributed by atoms with Crippen molar-refractivity contribution < 1.29 is 8.78 Å². The fraction of sp³-hybridized carbons (Fsp3) is 0.333. The van der Waals surface area contributed by atoms with Gasteiger partial charge in [0.1, 0.15) is 11.3 Å². The summed E-state index contributed by atoms with van der Waals surface area (Å²) >= 11 is 0. The molecular weight excluding hydrogens is 274 g/mol. The van der Waals surface area contributed by atoms with Crippen LogP contribution in [0.4, 0.5) is 8.78 Å². The monoisotopic (exact) mass is 292 g/mol. The van der Waals surface area contributed by atoms with Gasteiger partial charge >= 0.3 is 0 Å². The molecule has 2 N–H and O–H groups in total. The summed E-state index contributed by atoms with van der Waals surface area (Å²) in [6.07, 6.45) is 1.00. The van der Waals surface area contributed by atoms with E-state index in [2.05, 4.69) is 9.98 Å². The number of allylic oxidation sites excluding steroid dienone is 1. The number of fused-ring (bicyclic) bond motifs is 1. The molecule has 112 valence electrons. The average molecular weight is 292 g/mol. The first kappa shape index (κ1) is 15.2. The zero-order valence-electron chi connectivity index (χ0n) is 12.5. The minimum absolute atomic E-state index is 0.108. The molecule has 0 saturated carbocycles. The number of hydrogen-bond donors (Lipinski definition) is 1. The molecule has 0 bridgehead atoms. The Kier molecular flexibility index (Phi) is 4.06. The van der Waals surface area contributed by atoms with Crippen molar-refractivity contribution in [3.8, 4) is 0 Å². The first-order valence-electron chi connectivity index (χ1n) is 6.62. The van der Waals surface area contributed by atoms with E-state index in [9.17, 15) is 8.78 Å². The quantitative estimate of drug-likeness (QED) is 0.882. The van der Waals surface area contributed by atoms with Gasteiger partial charge in [0.15, 0.2) is 11.6 Å². The van der Waals surface area contributed by atoms with Crippen molar-refractivity contribution in [2.24, 2.45) is 10.7 Å². The van der Waals surface area contributed by atoms with E-state index in [0.717, 1.165) is 6.21 Å². The van der Waals surface area contributed by atoms with Crippen LogP contribution in [0, 0.1) is 12.7 Å². The van der Waals surface area contributed by atoms with Crippen LogP contribution in [0.3, 0.4) is 0 Å². The van der Waals surface area contributed by atoms with Gasteiger partial charge in [-0.15, -0.1) is 0 Å². The summed E-state index contributed by atoms with van der Waals surface area (Å²) in [5.41, 5.74) is 6.73. The number of aliphatic imine (C=N–C) groups is 1. The second-order valence-corrected chi connectivity index (χ2v) is 5.10. The van der Waals surface area contributed by atoms with E-state index >= 15 is 0 Å². The van der Waals surface area contributed by atoms with Crippen molar-refractivity contribution in [1.82, 2.24) is 9.55 Å². The first-order valence-corrected chi connectivity index (χ1v) is 6.62. The highest BCUT2D eigenvalue weighted by Crippen LogP contribution is 2.27. The maximum Gasteiger partial charge on any atom is 0.164 e. The van der Waals surface area contributed by atoms with Gasteiger partial charge in [0.05, 0.1) is 17.4 Å². The van der Waals surface area contributed by atoms with Gasteiger partial charge in [-0.05, 0) is 32.9 Å². The van der Waals surface area contributed by atoms with Gasteiger partial charge in [0, 0.05) is 18.7 Å². The molecule has 1 aromatic carbocycles. The van der Waals surface area contributed by atoms with E-state index in [1.807, 2.05) is 25.3 Å². The molecule has 0 radical (unpaired) electrons. The lowest BCUT2D eigenvalue weighted by Gasteiger charge is -2.11. The number of hydrogen-bond acceptors (Lipinski definition) is 3. The number of halogens is 2. The number of nitrogens with zero attached hydrogens (tertiary/aromatic N) is 3. The van der Waals surface area contributed by atoms with Gasteiger partial charge < -0.3 is 10.3 Å². The minimum atomic E-state index is -0.691. The predicted octanol–water partition coefficient (Wildman–Crippen LogP) is 3.36. The SMILES string of the molecule is CN=C/C(F)=C(\N)c1cc(F)c2nc(C)n(C(C)C)c2c1. The summed E-state index contributed by atoms with van der Waals surface area (Å²) in [5, 5.41) is 0. The Hall–Kier alpha value is -2.24. The smallest absolute Gasteiger partial charge is 0.164 e. The Morgan fingerprint density at radius 3 is 2.67 bits per heavy atom. The lowest BCUT2D eigenvalue weighted by molar-refractivity contribution is 0.600. The molecule has 0 amide bonds. The van der Waals surface area contributed by atoms with Gasteiger partial charge in [-0.25, -0.2) is 13.8 Å². The fourth-order valence-corrected chi connectivity index (χ4v) is 2.40. The van der Waals surface area contributed by atoms with Gasteiger partial charge in [-0.1, -0.05) is 0 Å². The topological polar surface area (TPSA) is 56.2 Å². The molecule has 0 saturated heterocycles. The van der Waals surface area contributed by atoms with E-state index in [1.165, 1.54) is 13.1 Å². The molecule has 0 aliphatic carbocycles. The van der Waals surface area contributed by atoms with Crippen LogP contribution in [-0.4, -0.2) is 22.8 Å². The molecule has 2 rings (SSSR count). The molecule has 0 atom stereocenters. The van der Waals surface area contributed by atoms with E-state index in [-0.39, 0.29) is 22.8 Å². The Bertz CT molecular complexity index is 742. The van der Waals surface area contributed by atoms with Crippen LogP contribution in [-0.2, 0) is 0 Å². The zero-order chi connectivity index (χ0) is 15.7. The summed E-state index contributed by atoms with van der Waals surface area (Å²) < 4.78 is 29.8. The molecule has 0 fully saturated rings. The predicted molar refractivity (Wildman–Crippen MR) is 81.4 cm³/mol. The molecule has 4 nitrogen and oxygen atoms in total. The third-order valence-corrected chi connectivity index (χ3v) is 3.25. The second-order valence-electron chi connectivity index (χ2n) is 5.10. The molecule has 1 aromatic heterocycles. The highest BCUT2D eigenvalue weighted by molar-refractivity contribution is 5.90. The van der Waals surface area contributed by atoms with Crippen LogP contribution < -0.4 is 5.73 Å². The molecular formula is C15H18F2N4. The Morgan fingerprint density at radius 2 is 2.10 bits per heavy atom. The number of nitrogens with two attached hydrogens (primary N) is 1. The molecule has 21 heavy (non-hydrogen) atoms. The van der Waals surface area contributed by atoms with Crippen LogP contribution >= 0.6 is 0 Å². The van der Waals surface area contributed by atoms with Gasteiger partial charge in [0.2, 0.25) is 0 Å². The van der Waals surface area contributed by atoms with E-state index < -0.39 is 11.6 Å². The summed E-state index contributed by atoms with van der Waals surface area (Å²) in [6.45, 7) is 5.76. The van der Waals surface area contributed by atoms with Crippen molar-refractivity contribution in [2.45, 2.75) is 26.8 Å². The van der Waals surface area contributed by atoms with Crippen molar-refractivity contribution in [3.05, 3.63) is 35.2 Å². The van der Waals surface area contributed by atoms with Crippen molar-refractivity contribution >= 4 is 22.9 Å². The number of aryl methyl sites for hydroxylation is 1. The van der Waals surface area contributed by atoms with Crippen LogP contribution in [0.1, 0.15) is 31.3 Å². The third-order valence-electron chi connectivity index (χ3n) is 3.25. The largest absolute Gasteiger partial charge is 0.396 e. The van der Waals surface area contributed by atoms with E-state index in [1.54, 1.807) is 6.07 Å². The van der Waals surface area contributed by atoms with Gasteiger partial charge in [-0.2, -0.15) is 0 Å². The number of benzene rings is 1. The van der Waals surface area contributed by atoms with E-state index in [4.69, 9.17) is 5.73 Å². The van der Waals surface area contributed by atoms with Crippen LogP contribution in [0.15, 0.2) is 23.0 Å². The summed E-state index contributed by atoms with van der Waals surface area (Å²) in [5.74, 6) is -0.507. The fourth-order valence-electron chi connectivity index (χ4n) is 2.40. The van der Waals surface area contributed by atoms with Crippen LogP contribution in [0.2, 0.25) is 0 Å². The molecule has 2 aromatic rings. The minimum Gasteiger partial charge on any atom is -0.396 e. The van der Waals surface area contributed by atoms with Gasteiger partial charge in [0.25, 0.3) is 0 Å². The number of imidazole rings is 1. The lowest BCUT2D eigenvalue weighted by Crippen LogP contribution is -2.05. The van der Waals surface area contributed by atoms with Crippen molar-refractivity contribution in [1.29, 1.82) is 0 Å². The molecule has 0 spiro atoms. The summed E-state index contributed by atoms with van der Waals surface area (Å²) in [7, 11) is 1.44. The standard InChI is InChI=1S/C15H18F2N4/c1-8(2)21-9(3)20-15-11(16)5-10(6-13(15)21)14(18)12(17)7-19-4/h5-8H,18H2,1-4H3/b14-12+,19-7?. The first-order chi connectivity index (χ1) is 9.86. The summed E-state index contributed by atoms with van der Waals surface area (Å²) in [4.78, 5) is 7.79. The molecule has 0 aliphatic rings. The Labute approximate surface area is 122 Å². The van der Waals surface area contributed by atoms with Crippen molar-refractivity contribution in [3.63, 3.8) is 0 Å². The molecule has 0 aliphatic heterocycles. The van der Waals surface area contributed by atoms with Crippen LogP contribution in [0.25, 0.3) is 16.7 Å². The Balaban J connectivity index is 2.75. The molecule has 0 unspecified atom stereocenters. The zero-order valence-corrected chi connectivity index (χ0v) is 12.5. The normalized spacial score (nSPS) is 13.5. The highest BCUT2D eigenvalue weighted by atomic mass is 19.1. The average Bonchev–Trinajstić information content (AvgIpc) is 2.75. The summed E-state index contributed by atoms with van der Waals surface area (Å²) in [6, 6.07) is 2.95. The Morgan fingerprint density at radius 1 is 1.43 bits per heavy atom. The second kappa shape index (κ2) is 5.63. The maximum atomic E-state index is 14.2. The molecule has 6 heteroatoms. The molecule has 1 heterocycles.